The Morgan fingerprint density at radius 2 is 1.81 bits per heavy atom. The van der Waals surface area contributed by atoms with Crippen molar-refractivity contribution in [3.63, 3.8) is 0 Å². The third-order valence-electron chi connectivity index (χ3n) is 3.28. The quantitative estimate of drug-likeness (QED) is 0.785. The van der Waals surface area contributed by atoms with Gasteiger partial charge in [-0.05, 0) is 55.3 Å². The Kier molecular flexibility index (Phi) is 5.48. The summed E-state index contributed by atoms with van der Waals surface area (Å²) in [5.41, 5.74) is 1.96. The van der Waals surface area contributed by atoms with Gasteiger partial charge in [-0.2, -0.15) is 0 Å². The molecule has 2 rings (SSSR count). The SMILES string of the molecule is CCCNC(c1cc(C)cc(Br)c1)c1c(F)cccc1F. The first-order valence-corrected chi connectivity index (χ1v) is 7.76. The van der Waals surface area contributed by atoms with E-state index in [1.807, 2.05) is 32.0 Å². The molecule has 0 spiro atoms. The average Bonchev–Trinajstić information content (AvgIpc) is 2.41. The highest BCUT2D eigenvalue weighted by atomic mass is 79.9. The minimum atomic E-state index is -0.527. The molecule has 4 heteroatoms. The van der Waals surface area contributed by atoms with Crippen LogP contribution in [0.1, 0.15) is 36.1 Å². The molecule has 1 unspecified atom stereocenters. The van der Waals surface area contributed by atoms with E-state index in [0.717, 1.165) is 22.0 Å². The van der Waals surface area contributed by atoms with Crippen molar-refractivity contribution in [2.45, 2.75) is 26.3 Å². The van der Waals surface area contributed by atoms with Gasteiger partial charge in [0.1, 0.15) is 11.6 Å². The maximum atomic E-state index is 14.1. The van der Waals surface area contributed by atoms with Crippen LogP contribution >= 0.6 is 15.9 Å². The van der Waals surface area contributed by atoms with E-state index in [2.05, 4.69) is 21.2 Å². The van der Waals surface area contributed by atoms with Crippen LogP contribution in [0.3, 0.4) is 0 Å². The molecule has 1 atom stereocenters. The second-order valence-electron chi connectivity index (χ2n) is 5.08. The van der Waals surface area contributed by atoms with Crippen molar-refractivity contribution in [1.82, 2.24) is 5.32 Å². The Morgan fingerprint density at radius 1 is 1.14 bits per heavy atom. The molecule has 1 N–H and O–H groups in total. The van der Waals surface area contributed by atoms with Crippen LogP contribution in [0.5, 0.6) is 0 Å². The van der Waals surface area contributed by atoms with Gasteiger partial charge in [0.25, 0.3) is 0 Å². The lowest BCUT2D eigenvalue weighted by Gasteiger charge is -2.21. The Balaban J connectivity index is 2.52. The topological polar surface area (TPSA) is 12.0 Å². The van der Waals surface area contributed by atoms with Crippen LogP contribution in [0.2, 0.25) is 0 Å². The van der Waals surface area contributed by atoms with Crippen LogP contribution in [0.25, 0.3) is 0 Å². The summed E-state index contributed by atoms with van der Waals surface area (Å²) >= 11 is 3.44. The Hall–Kier alpha value is -1.26. The smallest absolute Gasteiger partial charge is 0.131 e. The van der Waals surface area contributed by atoms with Crippen LogP contribution in [-0.4, -0.2) is 6.54 Å². The number of nitrogens with one attached hydrogen (secondary N) is 1. The summed E-state index contributed by atoms with van der Waals surface area (Å²) in [6.07, 6.45) is 0.888. The average molecular weight is 354 g/mol. The van der Waals surface area contributed by atoms with Gasteiger partial charge >= 0.3 is 0 Å². The fraction of sp³-hybridized carbons (Fsp3) is 0.294. The lowest BCUT2D eigenvalue weighted by molar-refractivity contribution is 0.503. The molecule has 2 aromatic rings. The van der Waals surface area contributed by atoms with E-state index in [1.165, 1.54) is 18.2 Å². The zero-order valence-corrected chi connectivity index (χ0v) is 13.7. The van der Waals surface area contributed by atoms with Crippen molar-refractivity contribution in [2.24, 2.45) is 0 Å². The van der Waals surface area contributed by atoms with E-state index in [-0.39, 0.29) is 5.56 Å². The molecule has 0 radical (unpaired) electrons. The molecule has 21 heavy (non-hydrogen) atoms. The molecular formula is C17H18BrF2N. The molecule has 0 aliphatic heterocycles. The summed E-state index contributed by atoms with van der Waals surface area (Å²) in [5, 5.41) is 3.24. The van der Waals surface area contributed by atoms with E-state index in [4.69, 9.17) is 0 Å². The zero-order valence-electron chi connectivity index (χ0n) is 12.1. The van der Waals surface area contributed by atoms with E-state index in [0.29, 0.717) is 6.54 Å². The summed E-state index contributed by atoms with van der Waals surface area (Å²) in [5.74, 6) is -1.05. The number of aryl methyl sites for hydroxylation is 1. The van der Waals surface area contributed by atoms with Gasteiger partial charge in [0.2, 0.25) is 0 Å². The molecule has 0 aliphatic rings. The van der Waals surface area contributed by atoms with Crippen LogP contribution in [0, 0.1) is 18.6 Å². The maximum Gasteiger partial charge on any atom is 0.131 e. The van der Waals surface area contributed by atoms with Crippen LogP contribution < -0.4 is 5.32 Å². The summed E-state index contributed by atoms with van der Waals surface area (Å²) in [6, 6.07) is 9.29. The third-order valence-corrected chi connectivity index (χ3v) is 3.74. The van der Waals surface area contributed by atoms with Gasteiger partial charge < -0.3 is 5.32 Å². The monoisotopic (exact) mass is 353 g/mol. The molecule has 0 heterocycles. The Bertz CT molecular complexity index is 588. The molecule has 0 amide bonds. The van der Waals surface area contributed by atoms with Crippen LogP contribution in [-0.2, 0) is 0 Å². The first-order valence-electron chi connectivity index (χ1n) is 6.97. The molecule has 112 valence electrons. The standard InChI is InChI=1S/C17H18BrF2N/c1-3-7-21-17(12-8-11(2)9-13(18)10-12)16-14(19)5-4-6-15(16)20/h4-6,8-10,17,21H,3,7H2,1-2H3. The van der Waals surface area contributed by atoms with Crippen molar-refractivity contribution in [3.8, 4) is 0 Å². The second-order valence-corrected chi connectivity index (χ2v) is 6.00. The number of hydrogen-bond donors (Lipinski definition) is 1. The van der Waals surface area contributed by atoms with Crippen molar-refractivity contribution in [3.05, 3.63) is 69.2 Å². The van der Waals surface area contributed by atoms with Crippen LogP contribution in [0.4, 0.5) is 8.78 Å². The predicted molar refractivity (Wildman–Crippen MR) is 85.4 cm³/mol. The zero-order chi connectivity index (χ0) is 15.4. The van der Waals surface area contributed by atoms with Crippen molar-refractivity contribution >= 4 is 15.9 Å². The van der Waals surface area contributed by atoms with Gasteiger partial charge in [0, 0.05) is 10.0 Å². The van der Waals surface area contributed by atoms with Crippen molar-refractivity contribution < 1.29 is 8.78 Å². The van der Waals surface area contributed by atoms with Crippen molar-refractivity contribution in [1.29, 1.82) is 0 Å². The predicted octanol–water partition coefficient (Wildman–Crippen LogP) is 5.12. The molecule has 0 bridgehead atoms. The highest BCUT2D eigenvalue weighted by Crippen LogP contribution is 2.29. The molecule has 1 nitrogen and oxygen atoms in total. The summed E-state index contributed by atoms with van der Waals surface area (Å²) in [4.78, 5) is 0. The van der Waals surface area contributed by atoms with E-state index >= 15 is 0 Å². The highest BCUT2D eigenvalue weighted by Gasteiger charge is 2.21. The number of benzene rings is 2. The lowest BCUT2D eigenvalue weighted by atomic mass is 9.96. The third kappa shape index (κ3) is 3.89. The molecule has 0 fully saturated rings. The number of rotatable bonds is 5. The maximum absolute atomic E-state index is 14.1. The number of halogens is 3. The molecule has 0 saturated carbocycles. The van der Waals surface area contributed by atoms with Gasteiger partial charge in [-0.3, -0.25) is 0 Å². The van der Waals surface area contributed by atoms with Gasteiger partial charge in [0.15, 0.2) is 0 Å². The molecular weight excluding hydrogens is 336 g/mol. The molecule has 2 aromatic carbocycles. The molecule has 0 aliphatic carbocycles. The van der Waals surface area contributed by atoms with Gasteiger partial charge in [0.05, 0.1) is 6.04 Å². The van der Waals surface area contributed by atoms with Gasteiger partial charge in [-0.25, -0.2) is 8.78 Å². The summed E-state index contributed by atoms with van der Waals surface area (Å²) in [7, 11) is 0. The van der Waals surface area contributed by atoms with Crippen LogP contribution in [0.15, 0.2) is 40.9 Å². The largest absolute Gasteiger partial charge is 0.306 e. The minimum Gasteiger partial charge on any atom is -0.306 e. The normalized spacial score (nSPS) is 12.4. The van der Waals surface area contributed by atoms with E-state index < -0.39 is 17.7 Å². The number of hydrogen-bond acceptors (Lipinski definition) is 1. The first kappa shape index (κ1) is 16.1. The van der Waals surface area contributed by atoms with E-state index in [1.54, 1.807) is 0 Å². The summed E-state index contributed by atoms with van der Waals surface area (Å²) in [6.45, 7) is 4.67. The Labute approximate surface area is 132 Å². The minimum absolute atomic E-state index is 0.0726. The summed E-state index contributed by atoms with van der Waals surface area (Å²) < 4.78 is 29.1. The van der Waals surface area contributed by atoms with Crippen molar-refractivity contribution in [2.75, 3.05) is 6.54 Å². The fourth-order valence-electron chi connectivity index (χ4n) is 2.39. The van der Waals surface area contributed by atoms with Gasteiger partial charge in [-0.1, -0.05) is 35.0 Å². The fourth-order valence-corrected chi connectivity index (χ4v) is 3.02. The Morgan fingerprint density at radius 3 is 2.38 bits per heavy atom. The molecule has 0 saturated heterocycles. The highest BCUT2D eigenvalue weighted by molar-refractivity contribution is 9.10. The first-order chi connectivity index (χ1) is 10.0. The molecule has 0 aromatic heterocycles. The lowest BCUT2D eigenvalue weighted by Crippen LogP contribution is -2.25. The second kappa shape index (κ2) is 7.14. The van der Waals surface area contributed by atoms with Gasteiger partial charge in [-0.15, -0.1) is 0 Å². The van der Waals surface area contributed by atoms with E-state index in [9.17, 15) is 8.78 Å².